The Morgan fingerprint density at radius 2 is 2.00 bits per heavy atom. The maximum atomic E-state index is 4.48. The fourth-order valence-corrected chi connectivity index (χ4v) is 2.77. The zero-order valence-electron chi connectivity index (χ0n) is 12.6. The molecule has 3 rings (SSSR count). The number of aryl methyl sites for hydroxylation is 1. The van der Waals surface area contributed by atoms with Crippen LogP contribution >= 0.6 is 0 Å². The van der Waals surface area contributed by atoms with Crippen LogP contribution in [0.1, 0.15) is 24.1 Å². The highest BCUT2D eigenvalue weighted by molar-refractivity contribution is 5.74. The quantitative estimate of drug-likeness (QED) is 0.772. The number of nitrogens with zero attached hydrogens (tertiary/aromatic N) is 2. The minimum Gasteiger partial charge on any atom is -0.329 e. The van der Waals surface area contributed by atoms with Gasteiger partial charge in [-0.05, 0) is 31.2 Å². The van der Waals surface area contributed by atoms with E-state index >= 15 is 0 Å². The molecule has 0 spiro atoms. The molecule has 0 fully saturated rings. The summed E-state index contributed by atoms with van der Waals surface area (Å²) in [5.41, 5.74) is 4.87. The molecule has 0 saturated carbocycles. The monoisotopic (exact) mass is 279 g/mol. The Kier molecular flexibility index (Phi) is 4.02. The molecule has 0 aliphatic heterocycles. The summed E-state index contributed by atoms with van der Waals surface area (Å²) >= 11 is 0. The van der Waals surface area contributed by atoms with Crippen molar-refractivity contribution in [3.05, 3.63) is 66.0 Å². The normalized spacial score (nSPS) is 12.7. The van der Waals surface area contributed by atoms with E-state index in [1.807, 2.05) is 12.4 Å². The molecule has 0 radical (unpaired) electrons. The van der Waals surface area contributed by atoms with E-state index in [2.05, 4.69) is 71.2 Å². The predicted molar refractivity (Wildman–Crippen MR) is 87.3 cm³/mol. The molecule has 108 valence electrons. The van der Waals surface area contributed by atoms with Crippen LogP contribution in [-0.4, -0.2) is 16.1 Å². The first-order chi connectivity index (χ1) is 10.3. The van der Waals surface area contributed by atoms with Crippen molar-refractivity contribution in [2.24, 2.45) is 0 Å². The molecule has 3 nitrogen and oxygen atoms in total. The van der Waals surface area contributed by atoms with Crippen molar-refractivity contribution in [1.29, 1.82) is 0 Å². The van der Waals surface area contributed by atoms with Gasteiger partial charge < -0.3 is 9.88 Å². The third kappa shape index (κ3) is 2.98. The Balaban J connectivity index is 1.92. The second-order valence-corrected chi connectivity index (χ2v) is 5.41. The van der Waals surface area contributed by atoms with Gasteiger partial charge in [0, 0.05) is 6.54 Å². The van der Waals surface area contributed by atoms with Crippen molar-refractivity contribution in [2.45, 2.75) is 26.4 Å². The number of nitrogens with one attached hydrogen (secondary N) is 1. The maximum absolute atomic E-state index is 4.48. The SMILES string of the molecule is CCNC(Cn1cnc2ccccc21)c1cccc(C)c1. The van der Waals surface area contributed by atoms with Gasteiger partial charge in [-0.3, -0.25) is 0 Å². The smallest absolute Gasteiger partial charge is 0.0958 e. The van der Waals surface area contributed by atoms with E-state index in [0.29, 0.717) is 6.04 Å². The lowest BCUT2D eigenvalue weighted by Gasteiger charge is -2.20. The lowest BCUT2D eigenvalue weighted by Crippen LogP contribution is -2.25. The number of likely N-dealkylation sites (N-methyl/N-ethyl adjacent to an activating group) is 1. The second kappa shape index (κ2) is 6.10. The summed E-state index contributed by atoms with van der Waals surface area (Å²) in [6, 6.07) is 17.3. The summed E-state index contributed by atoms with van der Waals surface area (Å²) in [4.78, 5) is 4.48. The molecular weight excluding hydrogens is 258 g/mol. The van der Waals surface area contributed by atoms with Crippen LogP contribution in [0.4, 0.5) is 0 Å². The van der Waals surface area contributed by atoms with Gasteiger partial charge in [-0.15, -0.1) is 0 Å². The molecule has 0 amide bonds. The van der Waals surface area contributed by atoms with Crippen molar-refractivity contribution in [1.82, 2.24) is 14.9 Å². The van der Waals surface area contributed by atoms with Crippen molar-refractivity contribution in [3.63, 3.8) is 0 Å². The highest BCUT2D eigenvalue weighted by atomic mass is 15.1. The summed E-state index contributed by atoms with van der Waals surface area (Å²) in [5, 5.41) is 3.58. The third-order valence-electron chi connectivity index (χ3n) is 3.80. The molecule has 0 bridgehead atoms. The van der Waals surface area contributed by atoms with Crippen molar-refractivity contribution in [3.8, 4) is 0 Å². The van der Waals surface area contributed by atoms with Crippen LogP contribution < -0.4 is 5.32 Å². The predicted octanol–water partition coefficient (Wildman–Crippen LogP) is 3.70. The van der Waals surface area contributed by atoms with Crippen LogP contribution in [0, 0.1) is 6.92 Å². The van der Waals surface area contributed by atoms with Gasteiger partial charge in [0.15, 0.2) is 0 Å². The number of para-hydroxylation sites is 2. The third-order valence-corrected chi connectivity index (χ3v) is 3.80. The van der Waals surface area contributed by atoms with Gasteiger partial charge in [0.2, 0.25) is 0 Å². The number of imidazole rings is 1. The Morgan fingerprint density at radius 3 is 2.81 bits per heavy atom. The largest absolute Gasteiger partial charge is 0.329 e. The maximum Gasteiger partial charge on any atom is 0.0958 e. The van der Waals surface area contributed by atoms with Crippen LogP contribution in [0.25, 0.3) is 11.0 Å². The zero-order chi connectivity index (χ0) is 14.7. The zero-order valence-corrected chi connectivity index (χ0v) is 12.6. The lowest BCUT2D eigenvalue weighted by atomic mass is 10.0. The average Bonchev–Trinajstić information content (AvgIpc) is 2.90. The minimum atomic E-state index is 0.299. The van der Waals surface area contributed by atoms with Gasteiger partial charge >= 0.3 is 0 Å². The first-order valence-corrected chi connectivity index (χ1v) is 7.47. The molecule has 1 heterocycles. The number of rotatable bonds is 5. The van der Waals surface area contributed by atoms with Crippen LogP contribution in [0.5, 0.6) is 0 Å². The lowest BCUT2D eigenvalue weighted by molar-refractivity contribution is 0.481. The van der Waals surface area contributed by atoms with E-state index in [0.717, 1.165) is 18.6 Å². The van der Waals surface area contributed by atoms with E-state index in [4.69, 9.17) is 0 Å². The number of hydrogen-bond acceptors (Lipinski definition) is 2. The topological polar surface area (TPSA) is 29.9 Å². The Hall–Kier alpha value is -2.13. The van der Waals surface area contributed by atoms with Crippen LogP contribution in [0.2, 0.25) is 0 Å². The van der Waals surface area contributed by atoms with Crippen LogP contribution in [0.15, 0.2) is 54.9 Å². The molecule has 1 aromatic heterocycles. The first kappa shape index (κ1) is 13.8. The van der Waals surface area contributed by atoms with E-state index < -0.39 is 0 Å². The van der Waals surface area contributed by atoms with Crippen LogP contribution in [-0.2, 0) is 6.54 Å². The molecule has 0 aliphatic carbocycles. The fraction of sp³-hybridized carbons (Fsp3) is 0.278. The summed E-state index contributed by atoms with van der Waals surface area (Å²) in [7, 11) is 0. The molecule has 3 aromatic rings. The van der Waals surface area contributed by atoms with Gasteiger partial charge in [0.1, 0.15) is 0 Å². The highest BCUT2D eigenvalue weighted by Gasteiger charge is 2.12. The van der Waals surface area contributed by atoms with Crippen molar-refractivity contribution in [2.75, 3.05) is 6.54 Å². The molecule has 1 unspecified atom stereocenters. The second-order valence-electron chi connectivity index (χ2n) is 5.41. The van der Waals surface area contributed by atoms with Gasteiger partial charge in [0.05, 0.1) is 23.4 Å². The summed E-state index contributed by atoms with van der Waals surface area (Å²) in [6.45, 7) is 6.12. The first-order valence-electron chi connectivity index (χ1n) is 7.47. The molecule has 0 aliphatic rings. The molecule has 1 N–H and O–H groups in total. The molecule has 1 atom stereocenters. The number of aromatic nitrogens is 2. The van der Waals surface area contributed by atoms with E-state index in [9.17, 15) is 0 Å². The number of benzene rings is 2. The Bertz CT molecular complexity index is 730. The van der Waals surface area contributed by atoms with Gasteiger partial charge in [-0.2, -0.15) is 0 Å². The van der Waals surface area contributed by atoms with E-state index in [-0.39, 0.29) is 0 Å². The standard InChI is InChI=1S/C18H21N3/c1-3-19-17(15-8-6-7-14(2)11-15)12-21-13-20-16-9-4-5-10-18(16)21/h4-11,13,17,19H,3,12H2,1-2H3. The van der Waals surface area contributed by atoms with E-state index in [1.54, 1.807) is 0 Å². The minimum absolute atomic E-state index is 0.299. The fourth-order valence-electron chi connectivity index (χ4n) is 2.77. The molecule has 3 heteroatoms. The summed E-state index contributed by atoms with van der Waals surface area (Å²) < 4.78 is 2.23. The molecule has 21 heavy (non-hydrogen) atoms. The summed E-state index contributed by atoms with van der Waals surface area (Å²) in [6.07, 6.45) is 1.94. The highest BCUT2D eigenvalue weighted by Crippen LogP contribution is 2.20. The molecular formula is C18H21N3. The summed E-state index contributed by atoms with van der Waals surface area (Å²) in [5.74, 6) is 0. The van der Waals surface area contributed by atoms with Gasteiger partial charge in [-0.1, -0.05) is 48.9 Å². The number of hydrogen-bond donors (Lipinski definition) is 1. The van der Waals surface area contributed by atoms with E-state index in [1.165, 1.54) is 16.6 Å². The molecule has 2 aromatic carbocycles. The number of fused-ring (bicyclic) bond motifs is 1. The Morgan fingerprint density at radius 1 is 1.14 bits per heavy atom. The van der Waals surface area contributed by atoms with Crippen molar-refractivity contribution < 1.29 is 0 Å². The van der Waals surface area contributed by atoms with Gasteiger partial charge in [0.25, 0.3) is 0 Å². The van der Waals surface area contributed by atoms with Gasteiger partial charge in [-0.25, -0.2) is 4.98 Å². The Labute approximate surface area is 125 Å². The average molecular weight is 279 g/mol. The van der Waals surface area contributed by atoms with Crippen molar-refractivity contribution >= 4 is 11.0 Å². The van der Waals surface area contributed by atoms with Crippen LogP contribution in [0.3, 0.4) is 0 Å². The molecule has 0 saturated heterocycles.